The van der Waals surface area contributed by atoms with Gasteiger partial charge in [0.2, 0.25) is 5.91 Å². The van der Waals surface area contributed by atoms with Gasteiger partial charge in [-0.3, -0.25) is 4.79 Å². The predicted octanol–water partition coefficient (Wildman–Crippen LogP) is 2.96. The Bertz CT molecular complexity index is 888. The van der Waals surface area contributed by atoms with Crippen LogP contribution in [0.3, 0.4) is 0 Å². The molecule has 1 amide bonds. The van der Waals surface area contributed by atoms with Crippen molar-refractivity contribution in [3.8, 4) is 0 Å². The van der Waals surface area contributed by atoms with Gasteiger partial charge in [0.15, 0.2) is 0 Å². The maximum Gasteiger partial charge on any atom is 0.338 e. The maximum atomic E-state index is 13.2. The number of dihydropyridines is 1. The van der Waals surface area contributed by atoms with Gasteiger partial charge in [-0.25, -0.2) is 4.79 Å². The molecule has 2 unspecified atom stereocenters. The third kappa shape index (κ3) is 6.68. The van der Waals surface area contributed by atoms with E-state index in [-0.39, 0.29) is 18.2 Å². The van der Waals surface area contributed by atoms with E-state index in [1.807, 2.05) is 37.4 Å². The lowest BCUT2D eigenvalue weighted by Crippen LogP contribution is -2.41. The third-order valence-electron chi connectivity index (χ3n) is 6.56. The molecule has 3 rings (SSSR count). The second-order valence-electron chi connectivity index (χ2n) is 9.06. The highest BCUT2D eigenvalue weighted by Gasteiger charge is 2.37. The topological polar surface area (TPSA) is 103 Å². The molecular weight excluding hydrogens is 418 g/mol. The molecule has 1 saturated carbocycles. The van der Waals surface area contributed by atoms with Gasteiger partial charge in [-0.15, -0.1) is 0 Å². The summed E-state index contributed by atoms with van der Waals surface area (Å²) in [6.07, 6.45) is 5.75. The van der Waals surface area contributed by atoms with Gasteiger partial charge in [-0.2, -0.15) is 0 Å². The normalized spacial score (nSPS) is 20.4. The van der Waals surface area contributed by atoms with Gasteiger partial charge in [0.25, 0.3) is 0 Å². The first kappa shape index (κ1) is 25.0. The number of primary amides is 1. The number of esters is 1. The Hall–Kier alpha value is -2.64. The van der Waals surface area contributed by atoms with Crippen molar-refractivity contribution in [2.45, 2.75) is 64.5 Å². The first-order valence-electron chi connectivity index (χ1n) is 11.9. The summed E-state index contributed by atoms with van der Waals surface area (Å²) in [5.74, 6) is -0.656. The average Bonchev–Trinajstić information content (AvgIpc) is 2.81. The van der Waals surface area contributed by atoms with Crippen molar-refractivity contribution in [3.63, 3.8) is 0 Å². The molecule has 0 bridgehead atoms. The van der Waals surface area contributed by atoms with E-state index in [1.165, 1.54) is 19.3 Å². The highest BCUT2D eigenvalue weighted by atomic mass is 16.5. The highest BCUT2D eigenvalue weighted by Crippen LogP contribution is 2.30. The minimum absolute atomic E-state index is 0.0386. The first-order valence-corrected chi connectivity index (χ1v) is 11.9. The molecule has 4 N–H and O–H groups in total. The fourth-order valence-electron chi connectivity index (χ4n) is 4.68. The van der Waals surface area contributed by atoms with E-state index in [9.17, 15) is 9.59 Å². The van der Waals surface area contributed by atoms with E-state index in [2.05, 4.69) is 10.6 Å². The Morgan fingerprint density at radius 2 is 1.76 bits per heavy atom. The van der Waals surface area contributed by atoms with Gasteiger partial charge >= 0.3 is 5.97 Å². The predicted molar refractivity (Wildman–Crippen MR) is 128 cm³/mol. The largest absolute Gasteiger partial charge is 0.461 e. The number of carbonyl (C=O) groups excluding carboxylic acids is 2. The SMILES string of the molecule is CNC(COC(=O)C1=C(C)NC(C)=C(C(N)=O)C1OCC1CCCCC1)Cc1ccccc1. The molecule has 1 aromatic carbocycles. The fraction of sp³-hybridized carbons (Fsp3) is 0.538. The molecule has 7 heteroatoms. The number of amides is 1. The van der Waals surface area contributed by atoms with Crippen LogP contribution in [0.1, 0.15) is 51.5 Å². The molecule has 1 aromatic rings. The number of benzene rings is 1. The summed E-state index contributed by atoms with van der Waals surface area (Å²) < 4.78 is 11.9. The van der Waals surface area contributed by atoms with Gasteiger partial charge in [0.05, 0.1) is 17.8 Å². The summed E-state index contributed by atoms with van der Waals surface area (Å²) in [6.45, 7) is 4.27. The second kappa shape index (κ2) is 12.0. The highest BCUT2D eigenvalue weighted by molar-refractivity contribution is 6.00. The van der Waals surface area contributed by atoms with Gasteiger partial charge in [-0.05, 0) is 51.6 Å². The van der Waals surface area contributed by atoms with E-state index >= 15 is 0 Å². The molecule has 180 valence electrons. The average molecular weight is 456 g/mol. The van der Waals surface area contributed by atoms with Crippen molar-refractivity contribution in [3.05, 3.63) is 58.4 Å². The van der Waals surface area contributed by atoms with Gasteiger partial charge in [0, 0.05) is 17.4 Å². The zero-order valence-corrected chi connectivity index (χ0v) is 20.0. The van der Waals surface area contributed by atoms with Gasteiger partial charge in [0.1, 0.15) is 12.7 Å². The number of hydrogen-bond acceptors (Lipinski definition) is 6. The van der Waals surface area contributed by atoms with E-state index in [0.717, 1.165) is 24.8 Å². The van der Waals surface area contributed by atoms with E-state index < -0.39 is 18.0 Å². The quantitative estimate of drug-likeness (QED) is 0.469. The van der Waals surface area contributed by atoms with E-state index in [1.54, 1.807) is 13.8 Å². The molecule has 1 fully saturated rings. The minimum atomic E-state index is -0.819. The summed E-state index contributed by atoms with van der Waals surface area (Å²) in [4.78, 5) is 25.5. The van der Waals surface area contributed by atoms with Crippen molar-refractivity contribution in [2.24, 2.45) is 11.7 Å². The molecule has 0 radical (unpaired) electrons. The van der Waals surface area contributed by atoms with Crippen molar-refractivity contribution in [1.82, 2.24) is 10.6 Å². The number of nitrogens with two attached hydrogens (primary N) is 1. The van der Waals surface area contributed by atoms with Crippen LogP contribution in [0.2, 0.25) is 0 Å². The lowest BCUT2D eigenvalue weighted by atomic mass is 9.89. The van der Waals surface area contributed by atoms with Crippen LogP contribution >= 0.6 is 0 Å². The Morgan fingerprint density at radius 3 is 2.39 bits per heavy atom. The molecule has 33 heavy (non-hydrogen) atoms. The summed E-state index contributed by atoms with van der Waals surface area (Å²) in [6, 6.07) is 10.0. The van der Waals surface area contributed by atoms with E-state index in [4.69, 9.17) is 15.2 Å². The summed E-state index contributed by atoms with van der Waals surface area (Å²) in [7, 11) is 1.85. The summed E-state index contributed by atoms with van der Waals surface area (Å²) in [5, 5.41) is 6.32. The van der Waals surface area contributed by atoms with Crippen molar-refractivity contribution in [2.75, 3.05) is 20.3 Å². The Balaban J connectivity index is 1.71. The lowest BCUT2D eigenvalue weighted by molar-refractivity contribution is -0.141. The lowest BCUT2D eigenvalue weighted by Gasteiger charge is -2.31. The number of hydrogen-bond donors (Lipinski definition) is 3. The zero-order valence-electron chi connectivity index (χ0n) is 20.0. The smallest absolute Gasteiger partial charge is 0.338 e. The van der Waals surface area contributed by atoms with Gasteiger partial charge < -0.3 is 25.8 Å². The van der Waals surface area contributed by atoms with Crippen LogP contribution in [-0.2, 0) is 25.5 Å². The third-order valence-corrected chi connectivity index (χ3v) is 6.56. The zero-order chi connectivity index (χ0) is 23.8. The van der Waals surface area contributed by atoms with Crippen LogP contribution in [0.4, 0.5) is 0 Å². The molecule has 1 aliphatic heterocycles. The molecule has 1 heterocycles. The monoisotopic (exact) mass is 455 g/mol. The fourth-order valence-corrected chi connectivity index (χ4v) is 4.68. The van der Waals surface area contributed by atoms with Crippen LogP contribution in [-0.4, -0.2) is 44.3 Å². The standard InChI is InChI=1S/C26H37N3O4/c1-17-22(25(27)30)24(32-15-20-12-8-5-9-13-20)23(18(2)29-17)26(31)33-16-21(28-3)14-19-10-6-4-7-11-19/h4,6-7,10-11,20-21,24,28-29H,5,8-9,12-16H2,1-3H3,(H2,27,30). The van der Waals surface area contributed by atoms with Crippen molar-refractivity contribution >= 4 is 11.9 Å². The maximum absolute atomic E-state index is 13.2. The number of likely N-dealkylation sites (N-methyl/N-ethyl adjacent to an activating group) is 1. The molecule has 2 atom stereocenters. The van der Waals surface area contributed by atoms with Crippen LogP contribution in [0.25, 0.3) is 0 Å². The van der Waals surface area contributed by atoms with Crippen LogP contribution in [0, 0.1) is 5.92 Å². The molecule has 2 aliphatic rings. The second-order valence-corrected chi connectivity index (χ2v) is 9.06. The Kier molecular flexibility index (Phi) is 9.09. The number of ether oxygens (including phenoxy) is 2. The number of carbonyl (C=O) groups is 2. The minimum Gasteiger partial charge on any atom is -0.461 e. The van der Waals surface area contributed by atoms with Crippen LogP contribution in [0.5, 0.6) is 0 Å². The summed E-state index contributed by atoms with van der Waals surface area (Å²) >= 11 is 0. The van der Waals surface area contributed by atoms with Crippen molar-refractivity contribution in [1.29, 1.82) is 0 Å². The molecule has 1 aliphatic carbocycles. The van der Waals surface area contributed by atoms with Crippen LogP contribution < -0.4 is 16.4 Å². The Morgan fingerprint density at radius 1 is 1.09 bits per heavy atom. The first-order chi connectivity index (χ1) is 15.9. The number of allylic oxidation sites excluding steroid dienone is 2. The van der Waals surface area contributed by atoms with Gasteiger partial charge in [-0.1, -0.05) is 49.6 Å². The van der Waals surface area contributed by atoms with Crippen LogP contribution in [0.15, 0.2) is 52.9 Å². The van der Waals surface area contributed by atoms with E-state index in [0.29, 0.717) is 29.5 Å². The molecule has 7 nitrogen and oxygen atoms in total. The summed E-state index contributed by atoms with van der Waals surface area (Å²) in [5.41, 5.74) is 8.70. The number of nitrogens with one attached hydrogen (secondary N) is 2. The molecule has 0 spiro atoms. The molecule has 0 aromatic heterocycles. The molecule has 0 saturated heterocycles. The Labute approximate surface area is 196 Å². The molecular formula is C26H37N3O4. The number of rotatable bonds is 10. The van der Waals surface area contributed by atoms with Crippen molar-refractivity contribution < 1.29 is 19.1 Å².